The lowest BCUT2D eigenvalue weighted by Gasteiger charge is -2.41. The van der Waals surface area contributed by atoms with Crippen LogP contribution in [0.3, 0.4) is 0 Å². The van der Waals surface area contributed by atoms with Crippen LogP contribution in [0, 0.1) is 12.7 Å². The van der Waals surface area contributed by atoms with Crippen LogP contribution in [0.25, 0.3) is 11.0 Å². The molecule has 1 saturated carbocycles. The fraction of sp³-hybridized carbons (Fsp3) is 0.294. The van der Waals surface area contributed by atoms with Gasteiger partial charge in [-0.3, -0.25) is 19.4 Å². The van der Waals surface area contributed by atoms with Crippen molar-refractivity contribution in [3.63, 3.8) is 0 Å². The average Bonchev–Trinajstić information content (AvgIpc) is 2.98. The topological polar surface area (TPSA) is 92.9 Å². The molecule has 3 aromatic rings. The predicted octanol–water partition coefficient (Wildman–Crippen LogP) is 1.38. The van der Waals surface area contributed by atoms with Gasteiger partial charge >= 0.3 is 0 Å². The van der Waals surface area contributed by atoms with E-state index in [0.717, 1.165) is 11.6 Å². The largest absolute Gasteiger partial charge is 0.391 e. The molecule has 1 aliphatic rings. The first-order valence-electron chi connectivity index (χ1n) is 7.93. The Hall–Kier alpha value is -2.87. The molecule has 8 heteroatoms. The summed E-state index contributed by atoms with van der Waals surface area (Å²) in [5, 5.41) is 17.1. The van der Waals surface area contributed by atoms with Gasteiger partial charge in [0.05, 0.1) is 35.5 Å². The van der Waals surface area contributed by atoms with E-state index >= 15 is 0 Å². The maximum atomic E-state index is 13.8. The van der Waals surface area contributed by atoms with Crippen LogP contribution in [-0.2, 0) is 0 Å². The van der Waals surface area contributed by atoms with Gasteiger partial charge in [-0.15, -0.1) is 0 Å². The maximum Gasteiger partial charge on any atom is 0.253 e. The minimum Gasteiger partial charge on any atom is -0.391 e. The van der Waals surface area contributed by atoms with Gasteiger partial charge in [0.15, 0.2) is 0 Å². The summed E-state index contributed by atoms with van der Waals surface area (Å²) in [6, 6.07) is 1.75. The van der Waals surface area contributed by atoms with Crippen molar-refractivity contribution in [1.82, 2.24) is 25.1 Å². The van der Waals surface area contributed by atoms with Crippen molar-refractivity contribution in [1.29, 1.82) is 0 Å². The Balaban J connectivity index is 1.60. The van der Waals surface area contributed by atoms with Crippen molar-refractivity contribution < 1.29 is 14.3 Å². The van der Waals surface area contributed by atoms with Crippen LogP contribution in [0.4, 0.5) is 4.39 Å². The number of hydrogen-bond donors (Lipinski definition) is 2. The first-order chi connectivity index (χ1) is 12.0. The normalized spacial score (nSPS) is 22.6. The Morgan fingerprint density at radius 1 is 1.36 bits per heavy atom. The molecule has 1 amide bonds. The number of aliphatic hydroxyl groups is 1. The fourth-order valence-corrected chi connectivity index (χ4v) is 3.17. The number of rotatable bonds is 3. The number of amides is 1. The lowest BCUT2D eigenvalue weighted by Crippen LogP contribution is -2.56. The van der Waals surface area contributed by atoms with Crippen molar-refractivity contribution in [2.45, 2.75) is 31.5 Å². The highest BCUT2D eigenvalue weighted by Crippen LogP contribution is 2.33. The summed E-state index contributed by atoms with van der Waals surface area (Å²) in [5.41, 5.74) is 1.75. The van der Waals surface area contributed by atoms with E-state index in [1.807, 2.05) is 13.1 Å². The third kappa shape index (κ3) is 2.74. The van der Waals surface area contributed by atoms with E-state index in [1.165, 1.54) is 18.5 Å². The molecule has 3 atom stereocenters. The Kier molecular flexibility index (Phi) is 3.69. The van der Waals surface area contributed by atoms with E-state index in [-0.39, 0.29) is 17.6 Å². The van der Waals surface area contributed by atoms with Crippen LogP contribution in [0.15, 0.2) is 36.9 Å². The molecule has 2 aromatic heterocycles. The summed E-state index contributed by atoms with van der Waals surface area (Å²) >= 11 is 0. The Bertz CT molecular complexity index is 957. The quantitative estimate of drug-likeness (QED) is 0.751. The fourth-order valence-electron chi connectivity index (χ4n) is 3.17. The van der Waals surface area contributed by atoms with E-state index in [9.17, 15) is 14.3 Å². The number of carbonyl (C=O) groups excluding carboxylic acids is 1. The van der Waals surface area contributed by atoms with E-state index in [0.29, 0.717) is 17.5 Å². The highest BCUT2D eigenvalue weighted by Gasteiger charge is 2.43. The lowest BCUT2D eigenvalue weighted by atomic mass is 9.83. The zero-order valence-corrected chi connectivity index (χ0v) is 13.4. The SMILES string of the molecule is Cc1cnn([C@H]2[C@H](O)C[C@@H]2NC(=O)c2cc(F)cc3nccnc23)c1. The molecule has 1 aliphatic carbocycles. The maximum absolute atomic E-state index is 13.8. The average molecular weight is 341 g/mol. The van der Waals surface area contributed by atoms with Gasteiger partial charge in [-0.25, -0.2) is 4.39 Å². The van der Waals surface area contributed by atoms with E-state index in [4.69, 9.17) is 0 Å². The number of halogens is 1. The minimum atomic E-state index is -0.589. The second-order valence-corrected chi connectivity index (χ2v) is 6.25. The molecule has 7 nitrogen and oxygen atoms in total. The summed E-state index contributed by atoms with van der Waals surface area (Å²) in [5.74, 6) is -0.998. The standard InChI is InChI=1S/C17H16FN5O2/c1-9-7-21-23(8-9)16-13(6-14(16)24)22-17(25)11-4-10(18)5-12-15(11)20-3-2-19-12/h2-5,7-8,13-14,16,24H,6H2,1H3,(H,22,25)/t13-,14+,16+/m0/s1. The summed E-state index contributed by atoms with van der Waals surface area (Å²) in [4.78, 5) is 20.8. The van der Waals surface area contributed by atoms with Gasteiger partial charge in [0.2, 0.25) is 0 Å². The number of aromatic nitrogens is 4. The molecule has 0 radical (unpaired) electrons. The van der Waals surface area contributed by atoms with E-state index in [2.05, 4.69) is 20.4 Å². The van der Waals surface area contributed by atoms with Gasteiger partial charge in [0.1, 0.15) is 11.3 Å². The summed E-state index contributed by atoms with van der Waals surface area (Å²) in [6.45, 7) is 1.90. The Morgan fingerprint density at radius 3 is 2.88 bits per heavy atom. The molecule has 0 unspecified atom stereocenters. The summed E-state index contributed by atoms with van der Waals surface area (Å²) < 4.78 is 15.4. The molecule has 128 valence electrons. The second-order valence-electron chi connectivity index (χ2n) is 6.25. The monoisotopic (exact) mass is 341 g/mol. The van der Waals surface area contributed by atoms with Crippen LogP contribution < -0.4 is 5.32 Å². The van der Waals surface area contributed by atoms with Crippen molar-refractivity contribution in [3.05, 3.63) is 53.9 Å². The molecule has 25 heavy (non-hydrogen) atoms. The molecular formula is C17H16FN5O2. The highest BCUT2D eigenvalue weighted by molar-refractivity contribution is 6.04. The number of aryl methyl sites for hydroxylation is 1. The predicted molar refractivity (Wildman–Crippen MR) is 87.4 cm³/mol. The molecule has 2 heterocycles. The van der Waals surface area contributed by atoms with Crippen molar-refractivity contribution in [3.8, 4) is 0 Å². The number of hydrogen-bond acceptors (Lipinski definition) is 5. The van der Waals surface area contributed by atoms with Crippen LogP contribution in [0.2, 0.25) is 0 Å². The number of fused-ring (bicyclic) bond motifs is 1. The molecule has 0 spiro atoms. The third-order valence-electron chi connectivity index (χ3n) is 4.44. The van der Waals surface area contributed by atoms with Gasteiger partial charge in [-0.05, 0) is 25.0 Å². The van der Waals surface area contributed by atoms with Gasteiger partial charge in [0, 0.05) is 24.7 Å². The van der Waals surface area contributed by atoms with Gasteiger partial charge in [-0.1, -0.05) is 0 Å². The van der Waals surface area contributed by atoms with Gasteiger partial charge in [0.25, 0.3) is 5.91 Å². The zero-order valence-electron chi connectivity index (χ0n) is 13.4. The summed E-state index contributed by atoms with van der Waals surface area (Å²) in [6.07, 6.45) is 6.23. The first kappa shape index (κ1) is 15.6. The van der Waals surface area contributed by atoms with Crippen LogP contribution in [0.5, 0.6) is 0 Å². The number of benzene rings is 1. The molecule has 4 rings (SSSR count). The smallest absolute Gasteiger partial charge is 0.253 e. The Morgan fingerprint density at radius 2 is 2.16 bits per heavy atom. The van der Waals surface area contributed by atoms with E-state index < -0.39 is 17.8 Å². The van der Waals surface area contributed by atoms with Gasteiger partial charge in [-0.2, -0.15) is 5.10 Å². The van der Waals surface area contributed by atoms with Crippen molar-refractivity contribution in [2.24, 2.45) is 0 Å². The molecule has 0 saturated heterocycles. The number of aliphatic hydroxyl groups excluding tert-OH is 1. The first-order valence-corrected chi connectivity index (χ1v) is 7.93. The molecule has 2 N–H and O–H groups in total. The summed E-state index contributed by atoms with van der Waals surface area (Å²) in [7, 11) is 0. The highest BCUT2D eigenvalue weighted by atomic mass is 19.1. The second kappa shape index (κ2) is 5.89. The number of nitrogens with one attached hydrogen (secondary N) is 1. The number of carbonyl (C=O) groups is 1. The molecule has 0 aliphatic heterocycles. The van der Waals surface area contributed by atoms with Crippen molar-refractivity contribution >= 4 is 16.9 Å². The zero-order chi connectivity index (χ0) is 17.6. The Labute approximate surface area is 142 Å². The lowest BCUT2D eigenvalue weighted by molar-refractivity contribution is -0.00588. The minimum absolute atomic E-state index is 0.125. The van der Waals surface area contributed by atoms with Gasteiger partial charge < -0.3 is 10.4 Å². The molecule has 1 fully saturated rings. The third-order valence-corrected chi connectivity index (χ3v) is 4.44. The van der Waals surface area contributed by atoms with Crippen LogP contribution in [-0.4, -0.2) is 42.9 Å². The van der Waals surface area contributed by atoms with Crippen LogP contribution >= 0.6 is 0 Å². The number of nitrogens with zero attached hydrogens (tertiary/aromatic N) is 4. The molecule has 0 bridgehead atoms. The molecule has 1 aromatic carbocycles. The molecular weight excluding hydrogens is 325 g/mol. The van der Waals surface area contributed by atoms with Crippen LogP contribution in [0.1, 0.15) is 28.4 Å². The van der Waals surface area contributed by atoms with Crippen molar-refractivity contribution in [2.75, 3.05) is 0 Å². The van der Waals surface area contributed by atoms with E-state index in [1.54, 1.807) is 10.9 Å².